The third kappa shape index (κ3) is 5.32. The van der Waals surface area contributed by atoms with E-state index < -0.39 is 10.8 Å². The van der Waals surface area contributed by atoms with Crippen LogP contribution in [0.4, 0.5) is 10.5 Å². The molecule has 0 saturated carbocycles. The minimum absolute atomic E-state index is 0.235. The molecule has 0 spiro atoms. The van der Waals surface area contributed by atoms with Crippen LogP contribution < -0.4 is 10.6 Å². The van der Waals surface area contributed by atoms with E-state index in [1.54, 1.807) is 17.6 Å². The zero-order valence-corrected chi connectivity index (χ0v) is 13.4. The number of nitrogens with one attached hydrogen (secondary N) is 2. The van der Waals surface area contributed by atoms with Crippen molar-refractivity contribution < 1.29 is 9.00 Å². The third-order valence-corrected chi connectivity index (χ3v) is 4.52. The summed E-state index contributed by atoms with van der Waals surface area (Å²) in [5.74, 6) is 0.436. The molecule has 1 aromatic carbocycles. The van der Waals surface area contributed by atoms with E-state index in [0.29, 0.717) is 18.0 Å². The highest BCUT2D eigenvalue weighted by atomic mass is 32.2. The molecule has 2 aromatic rings. The van der Waals surface area contributed by atoms with Crippen molar-refractivity contribution >= 4 is 33.9 Å². The van der Waals surface area contributed by atoms with Gasteiger partial charge in [-0.25, -0.2) is 4.79 Å². The number of thiophene rings is 1. The first kappa shape index (κ1) is 15.7. The Hall–Kier alpha value is -1.66. The van der Waals surface area contributed by atoms with E-state index in [0.717, 1.165) is 12.0 Å². The molecule has 1 atom stereocenters. The van der Waals surface area contributed by atoms with Gasteiger partial charge in [0.2, 0.25) is 0 Å². The summed E-state index contributed by atoms with van der Waals surface area (Å²) in [5.41, 5.74) is 1.59. The highest BCUT2D eigenvalue weighted by molar-refractivity contribution is 7.83. The maximum atomic E-state index is 11.9. The second-order valence-corrected chi connectivity index (χ2v) is 7.05. The average molecular weight is 322 g/mol. The molecule has 0 unspecified atom stereocenters. The fourth-order valence-electron chi connectivity index (χ4n) is 1.91. The molecule has 1 heterocycles. The summed E-state index contributed by atoms with van der Waals surface area (Å²) in [5, 5.41) is 7.67. The second kappa shape index (κ2) is 7.95. The van der Waals surface area contributed by atoms with Gasteiger partial charge < -0.3 is 10.6 Å². The lowest BCUT2D eigenvalue weighted by Gasteiger charge is -2.11. The summed E-state index contributed by atoms with van der Waals surface area (Å²) in [6.45, 7) is 0.591. The fourth-order valence-corrected chi connectivity index (χ4v) is 3.31. The SMILES string of the molecule is C[S@@](=O)Cc1ccccc1NC(=O)NCCc1cccs1. The number of anilines is 1. The van der Waals surface area contributed by atoms with Crippen LogP contribution >= 0.6 is 11.3 Å². The number of hydrogen-bond donors (Lipinski definition) is 2. The average Bonchev–Trinajstić information content (AvgIpc) is 2.93. The molecule has 2 N–H and O–H groups in total. The van der Waals surface area contributed by atoms with Crippen molar-refractivity contribution in [2.75, 3.05) is 18.1 Å². The minimum atomic E-state index is -0.938. The van der Waals surface area contributed by atoms with Crippen molar-refractivity contribution in [3.8, 4) is 0 Å². The largest absolute Gasteiger partial charge is 0.338 e. The van der Waals surface area contributed by atoms with Crippen LogP contribution in [-0.2, 0) is 23.0 Å². The van der Waals surface area contributed by atoms with Crippen LogP contribution in [0.3, 0.4) is 0 Å². The fraction of sp³-hybridized carbons (Fsp3) is 0.267. The lowest BCUT2D eigenvalue weighted by Crippen LogP contribution is -2.30. The van der Waals surface area contributed by atoms with Crippen LogP contribution in [0.15, 0.2) is 41.8 Å². The molecule has 1 aromatic heterocycles. The summed E-state index contributed by atoms with van der Waals surface area (Å²) in [6.07, 6.45) is 2.48. The highest BCUT2D eigenvalue weighted by Crippen LogP contribution is 2.16. The Morgan fingerprint density at radius 3 is 2.76 bits per heavy atom. The number of rotatable bonds is 6. The summed E-state index contributed by atoms with van der Waals surface area (Å²) in [6, 6.07) is 11.2. The predicted octanol–water partition coefficient (Wildman–Crippen LogP) is 2.99. The van der Waals surface area contributed by atoms with Crippen LogP contribution in [0, 0.1) is 0 Å². The van der Waals surface area contributed by atoms with Crippen molar-refractivity contribution in [3.63, 3.8) is 0 Å². The lowest BCUT2D eigenvalue weighted by atomic mass is 10.2. The molecule has 0 fully saturated rings. The Balaban J connectivity index is 1.86. The number of carbonyl (C=O) groups is 1. The van der Waals surface area contributed by atoms with E-state index in [9.17, 15) is 9.00 Å². The topological polar surface area (TPSA) is 58.2 Å². The summed E-state index contributed by atoms with van der Waals surface area (Å²) >= 11 is 1.68. The molecule has 0 radical (unpaired) electrons. The van der Waals surface area contributed by atoms with Crippen LogP contribution in [0.2, 0.25) is 0 Å². The van der Waals surface area contributed by atoms with Gasteiger partial charge in [0.25, 0.3) is 0 Å². The van der Waals surface area contributed by atoms with Gasteiger partial charge in [0.15, 0.2) is 0 Å². The van der Waals surface area contributed by atoms with E-state index in [-0.39, 0.29) is 6.03 Å². The number of urea groups is 1. The van der Waals surface area contributed by atoms with Crippen LogP contribution in [0.5, 0.6) is 0 Å². The molecule has 0 aliphatic rings. The summed E-state index contributed by atoms with van der Waals surface area (Å²) in [7, 11) is -0.938. The first-order valence-electron chi connectivity index (χ1n) is 6.60. The van der Waals surface area contributed by atoms with Gasteiger partial charge in [0.1, 0.15) is 0 Å². The molecule has 2 rings (SSSR count). The van der Waals surface area contributed by atoms with Gasteiger partial charge in [-0.2, -0.15) is 0 Å². The number of amides is 2. The molecule has 21 heavy (non-hydrogen) atoms. The van der Waals surface area contributed by atoms with Crippen molar-refractivity contribution in [2.45, 2.75) is 12.2 Å². The Bertz CT molecular complexity index is 612. The van der Waals surface area contributed by atoms with Gasteiger partial charge in [-0.1, -0.05) is 24.3 Å². The highest BCUT2D eigenvalue weighted by Gasteiger charge is 2.07. The first-order chi connectivity index (χ1) is 10.1. The molecule has 0 bridgehead atoms. The van der Waals surface area contributed by atoms with Crippen LogP contribution in [-0.4, -0.2) is 23.0 Å². The lowest BCUT2D eigenvalue weighted by molar-refractivity contribution is 0.252. The van der Waals surface area contributed by atoms with Crippen molar-refractivity contribution in [1.82, 2.24) is 5.32 Å². The minimum Gasteiger partial charge on any atom is -0.338 e. The van der Waals surface area contributed by atoms with Crippen molar-refractivity contribution in [1.29, 1.82) is 0 Å². The third-order valence-electron chi connectivity index (χ3n) is 2.86. The normalized spacial score (nSPS) is 11.9. The molecule has 2 amide bonds. The summed E-state index contributed by atoms with van der Waals surface area (Å²) < 4.78 is 11.3. The molecular formula is C15H18N2O2S2. The zero-order valence-electron chi connectivity index (χ0n) is 11.8. The van der Waals surface area contributed by atoms with Crippen LogP contribution in [0.25, 0.3) is 0 Å². The van der Waals surface area contributed by atoms with Gasteiger partial charge >= 0.3 is 6.03 Å². The Labute approximate surface area is 131 Å². The van der Waals surface area contributed by atoms with Gasteiger partial charge in [0.05, 0.1) is 5.75 Å². The van der Waals surface area contributed by atoms with Crippen molar-refractivity contribution in [3.05, 3.63) is 52.2 Å². The maximum absolute atomic E-state index is 11.9. The molecular weight excluding hydrogens is 304 g/mol. The molecule has 4 nitrogen and oxygen atoms in total. The maximum Gasteiger partial charge on any atom is 0.319 e. The van der Waals surface area contributed by atoms with E-state index in [2.05, 4.69) is 16.7 Å². The molecule has 6 heteroatoms. The van der Waals surface area contributed by atoms with Crippen molar-refractivity contribution in [2.24, 2.45) is 0 Å². The Morgan fingerprint density at radius 1 is 1.24 bits per heavy atom. The number of carbonyl (C=O) groups excluding carboxylic acids is 1. The summed E-state index contributed by atoms with van der Waals surface area (Å²) in [4.78, 5) is 13.1. The number of para-hydroxylation sites is 1. The van der Waals surface area contributed by atoms with Gasteiger partial charge in [0, 0.05) is 34.2 Å². The molecule has 0 aliphatic heterocycles. The Morgan fingerprint density at radius 2 is 2.05 bits per heavy atom. The standard InChI is InChI=1S/C15H18N2O2S2/c1-21(19)11-12-5-2-3-7-14(12)17-15(18)16-9-8-13-6-4-10-20-13/h2-7,10H,8-9,11H2,1H3,(H2,16,17,18)/t21-/m1/s1. The van der Waals surface area contributed by atoms with E-state index in [4.69, 9.17) is 0 Å². The zero-order chi connectivity index (χ0) is 15.1. The van der Waals surface area contributed by atoms with E-state index in [1.165, 1.54) is 4.88 Å². The number of hydrogen-bond acceptors (Lipinski definition) is 3. The van der Waals surface area contributed by atoms with Gasteiger partial charge in [-0.15, -0.1) is 11.3 Å². The first-order valence-corrected chi connectivity index (χ1v) is 9.21. The second-order valence-electron chi connectivity index (χ2n) is 4.58. The van der Waals surface area contributed by atoms with E-state index in [1.807, 2.05) is 35.7 Å². The molecule has 112 valence electrons. The van der Waals surface area contributed by atoms with Gasteiger partial charge in [-0.05, 0) is 29.5 Å². The van der Waals surface area contributed by atoms with Gasteiger partial charge in [-0.3, -0.25) is 4.21 Å². The van der Waals surface area contributed by atoms with Crippen LogP contribution in [0.1, 0.15) is 10.4 Å². The molecule has 0 aliphatic carbocycles. The van der Waals surface area contributed by atoms with E-state index >= 15 is 0 Å². The Kier molecular flexibility index (Phi) is 5.95. The monoisotopic (exact) mass is 322 g/mol. The molecule has 0 saturated heterocycles. The predicted molar refractivity (Wildman–Crippen MR) is 89.3 cm³/mol. The number of benzene rings is 1. The smallest absolute Gasteiger partial charge is 0.319 e. The quantitative estimate of drug-likeness (QED) is 0.859.